The molecule has 2 atom stereocenters. The summed E-state index contributed by atoms with van der Waals surface area (Å²) in [6.45, 7) is 3.52. The number of nitrogens with zero attached hydrogens (tertiary/aromatic N) is 3. The minimum absolute atomic E-state index is 0. The van der Waals surface area contributed by atoms with Crippen molar-refractivity contribution in [1.29, 1.82) is 0 Å². The lowest BCUT2D eigenvalue weighted by atomic mass is 10.0. The predicted octanol–water partition coefficient (Wildman–Crippen LogP) is 1.43. The van der Waals surface area contributed by atoms with Crippen LogP contribution in [-0.4, -0.2) is 53.1 Å². The number of benzene rings is 1. The fourth-order valence-corrected chi connectivity index (χ4v) is 3.80. The third-order valence-corrected chi connectivity index (χ3v) is 5.15. The van der Waals surface area contributed by atoms with Crippen molar-refractivity contribution in [3.63, 3.8) is 0 Å². The average molecular weight is 392 g/mol. The van der Waals surface area contributed by atoms with Gasteiger partial charge in [-0.1, -0.05) is 18.2 Å². The summed E-state index contributed by atoms with van der Waals surface area (Å²) in [7, 11) is 1.99. The van der Waals surface area contributed by atoms with Crippen LogP contribution in [0.5, 0.6) is 5.75 Å². The van der Waals surface area contributed by atoms with E-state index in [2.05, 4.69) is 20.5 Å². The van der Waals surface area contributed by atoms with Gasteiger partial charge in [0.2, 0.25) is 5.91 Å². The fraction of sp³-hybridized carbons (Fsp3) is 0.474. The molecule has 2 N–H and O–H groups in total. The van der Waals surface area contributed by atoms with Gasteiger partial charge in [0, 0.05) is 51.1 Å². The summed E-state index contributed by atoms with van der Waals surface area (Å²) in [5, 5.41) is 6.60. The molecule has 2 aliphatic heterocycles. The van der Waals surface area contributed by atoms with Gasteiger partial charge in [-0.05, 0) is 6.07 Å². The zero-order chi connectivity index (χ0) is 17.9. The summed E-state index contributed by atoms with van der Waals surface area (Å²) in [6.07, 6.45) is 4.55. The topological polar surface area (TPSA) is 71.4 Å². The van der Waals surface area contributed by atoms with Crippen LogP contribution in [0.1, 0.15) is 29.9 Å². The van der Waals surface area contributed by atoms with Crippen molar-refractivity contribution in [3.8, 4) is 5.75 Å². The highest BCUT2D eigenvalue weighted by atomic mass is 35.5. The standard InChI is InChI=1S/C19H25N5O2.ClH/c1-23-9-8-21-19(23)16-12-20-7-10-24(16)13-18(25)22-15-6-11-26-17-5-3-2-4-14(15)17;/h2-5,8-9,15-16,20H,6-7,10-13H2,1H3,(H,22,25);1H. The SMILES string of the molecule is Cl.Cn1ccnc1C1CNCCN1CC(=O)NC1CCOc2ccccc21. The minimum atomic E-state index is 0. The summed E-state index contributed by atoms with van der Waals surface area (Å²) in [5.41, 5.74) is 1.06. The molecular weight excluding hydrogens is 366 g/mol. The molecule has 27 heavy (non-hydrogen) atoms. The number of hydrogen-bond acceptors (Lipinski definition) is 5. The summed E-state index contributed by atoms with van der Waals surface area (Å²) >= 11 is 0. The molecule has 7 nitrogen and oxygen atoms in total. The van der Waals surface area contributed by atoms with Crippen LogP contribution in [0.2, 0.25) is 0 Å². The molecule has 0 radical (unpaired) electrons. The number of aryl methyl sites for hydroxylation is 1. The molecular formula is C19H26ClN5O2. The monoisotopic (exact) mass is 391 g/mol. The second kappa shape index (κ2) is 8.73. The molecule has 2 aromatic rings. The Labute approximate surface area is 165 Å². The number of piperazine rings is 1. The van der Waals surface area contributed by atoms with E-state index in [4.69, 9.17) is 4.74 Å². The molecule has 146 valence electrons. The molecule has 1 amide bonds. The highest BCUT2D eigenvalue weighted by Gasteiger charge is 2.29. The van der Waals surface area contributed by atoms with E-state index in [9.17, 15) is 4.79 Å². The van der Waals surface area contributed by atoms with Gasteiger partial charge in [0.25, 0.3) is 0 Å². The Bertz CT molecular complexity index is 781. The third kappa shape index (κ3) is 4.26. The number of nitrogens with one attached hydrogen (secondary N) is 2. The lowest BCUT2D eigenvalue weighted by Crippen LogP contribution is -2.50. The molecule has 0 bridgehead atoms. The van der Waals surface area contributed by atoms with Gasteiger partial charge in [0.1, 0.15) is 11.6 Å². The highest BCUT2D eigenvalue weighted by molar-refractivity contribution is 5.85. The number of ether oxygens (including phenoxy) is 1. The van der Waals surface area contributed by atoms with Gasteiger partial charge in [-0.25, -0.2) is 4.98 Å². The van der Waals surface area contributed by atoms with E-state index in [0.29, 0.717) is 13.2 Å². The van der Waals surface area contributed by atoms with Crippen LogP contribution in [0, 0.1) is 0 Å². The molecule has 0 spiro atoms. The molecule has 3 heterocycles. The van der Waals surface area contributed by atoms with Gasteiger partial charge in [-0.2, -0.15) is 0 Å². The Morgan fingerprint density at radius 2 is 2.26 bits per heavy atom. The number of fused-ring (bicyclic) bond motifs is 1. The number of aromatic nitrogens is 2. The quantitative estimate of drug-likeness (QED) is 0.825. The van der Waals surface area contributed by atoms with Gasteiger partial charge < -0.3 is 19.9 Å². The van der Waals surface area contributed by atoms with Crippen molar-refractivity contribution in [2.24, 2.45) is 7.05 Å². The normalized spacial score (nSPS) is 22.3. The first-order chi connectivity index (χ1) is 12.7. The fourth-order valence-electron chi connectivity index (χ4n) is 3.80. The van der Waals surface area contributed by atoms with E-state index in [1.807, 2.05) is 42.1 Å². The molecule has 1 saturated heterocycles. The summed E-state index contributed by atoms with van der Waals surface area (Å²) < 4.78 is 7.71. The number of amides is 1. The Morgan fingerprint density at radius 3 is 3.07 bits per heavy atom. The molecule has 1 aromatic heterocycles. The van der Waals surface area contributed by atoms with E-state index < -0.39 is 0 Å². The Kier molecular flexibility index (Phi) is 6.36. The highest BCUT2D eigenvalue weighted by Crippen LogP contribution is 2.31. The second-order valence-corrected chi connectivity index (χ2v) is 6.88. The number of carbonyl (C=O) groups excluding carboxylic acids is 1. The maximum atomic E-state index is 12.7. The van der Waals surface area contributed by atoms with E-state index in [0.717, 1.165) is 43.2 Å². The first-order valence-electron chi connectivity index (χ1n) is 9.15. The van der Waals surface area contributed by atoms with Crippen molar-refractivity contribution < 1.29 is 9.53 Å². The lowest BCUT2D eigenvalue weighted by molar-refractivity contribution is -0.124. The average Bonchev–Trinajstić information content (AvgIpc) is 3.08. The van der Waals surface area contributed by atoms with Crippen LogP contribution < -0.4 is 15.4 Å². The van der Waals surface area contributed by atoms with Gasteiger partial charge in [0.15, 0.2) is 0 Å². The Balaban J connectivity index is 0.00000210. The van der Waals surface area contributed by atoms with Crippen LogP contribution in [0.25, 0.3) is 0 Å². The van der Waals surface area contributed by atoms with Crippen LogP contribution in [0.3, 0.4) is 0 Å². The van der Waals surface area contributed by atoms with E-state index >= 15 is 0 Å². The second-order valence-electron chi connectivity index (χ2n) is 6.88. The first kappa shape index (κ1) is 19.7. The van der Waals surface area contributed by atoms with Gasteiger partial charge in [0.05, 0.1) is 25.2 Å². The molecule has 1 aromatic carbocycles. The van der Waals surface area contributed by atoms with Crippen molar-refractivity contribution in [1.82, 2.24) is 25.1 Å². The van der Waals surface area contributed by atoms with Crippen LogP contribution >= 0.6 is 12.4 Å². The summed E-state index contributed by atoms with van der Waals surface area (Å²) in [6, 6.07) is 8.06. The molecule has 1 fully saturated rings. The summed E-state index contributed by atoms with van der Waals surface area (Å²) in [5.74, 6) is 1.91. The van der Waals surface area contributed by atoms with E-state index in [1.165, 1.54) is 0 Å². The Hall–Kier alpha value is -2.09. The molecule has 0 saturated carbocycles. The number of imidazole rings is 1. The smallest absolute Gasteiger partial charge is 0.234 e. The molecule has 4 rings (SSSR count). The number of halogens is 1. The van der Waals surface area contributed by atoms with Gasteiger partial charge in [-0.3, -0.25) is 9.69 Å². The molecule has 8 heteroatoms. The number of rotatable bonds is 4. The zero-order valence-corrected chi connectivity index (χ0v) is 16.2. The first-order valence-corrected chi connectivity index (χ1v) is 9.15. The lowest BCUT2D eigenvalue weighted by Gasteiger charge is -2.35. The molecule has 2 unspecified atom stereocenters. The molecule has 2 aliphatic rings. The van der Waals surface area contributed by atoms with Crippen LogP contribution in [0.15, 0.2) is 36.7 Å². The van der Waals surface area contributed by atoms with E-state index in [1.54, 1.807) is 6.20 Å². The maximum absolute atomic E-state index is 12.7. The maximum Gasteiger partial charge on any atom is 0.234 e. The van der Waals surface area contributed by atoms with Crippen LogP contribution in [-0.2, 0) is 11.8 Å². The third-order valence-electron chi connectivity index (χ3n) is 5.15. The number of carbonyl (C=O) groups is 1. The predicted molar refractivity (Wildman–Crippen MR) is 105 cm³/mol. The summed E-state index contributed by atoms with van der Waals surface area (Å²) in [4.78, 5) is 19.4. The number of para-hydroxylation sites is 1. The van der Waals surface area contributed by atoms with E-state index in [-0.39, 0.29) is 30.4 Å². The van der Waals surface area contributed by atoms with Crippen molar-refractivity contribution in [2.45, 2.75) is 18.5 Å². The van der Waals surface area contributed by atoms with Crippen molar-refractivity contribution >= 4 is 18.3 Å². The van der Waals surface area contributed by atoms with Gasteiger partial charge in [-0.15, -0.1) is 12.4 Å². The largest absolute Gasteiger partial charge is 0.493 e. The zero-order valence-electron chi connectivity index (χ0n) is 15.4. The minimum Gasteiger partial charge on any atom is -0.493 e. The molecule has 0 aliphatic carbocycles. The Morgan fingerprint density at radius 1 is 1.41 bits per heavy atom. The van der Waals surface area contributed by atoms with Crippen molar-refractivity contribution in [2.75, 3.05) is 32.8 Å². The van der Waals surface area contributed by atoms with Crippen LogP contribution in [0.4, 0.5) is 0 Å². The van der Waals surface area contributed by atoms with Gasteiger partial charge >= 0.3 is 0 Å². The number of hydrogen-bond donors (Lipinski definition) is 2. The van der Waals surface area contributed by atoms with Crippen molar-refractivity contribution in [3.05, 3.63) is 48.0 Å².